The molecule has 2 rings (SSSR count). The third-order valence-corrected chi connectivity index (χ3v) is 4.82. The number of rotatable bonds is 3. The lowest BCUT2D eigenvalue weighted by molar-refractivity contribution is 1.07. The van der Waals surface area contributed by atoms with Crippen molar-refractivity contribution in [1.29, 1.82) is 0 Å². The average Bonchev–Trinajstić information content (AvgIpc) is 2.63. The van der Waals surface area contributed by atoms with E-state index in [2.05, 4.69) is 25.5 Å². The Labute approximate surface area is 115 Å². The highest BCUT2D eigenvalue weighted by molar-refractivity contribution is 9.10. The van der Waals surface area contributed by atoms with Crippen LogP contribution in [0, 0.1) is 0 Å². The molecular weight excluding hydrogens is 330 g/mol. The molecule has 1 aromatic carbocycles. The Morgan fingerprint density at radius 2 is 2.31 bits per heavy atom. The van der Waals surface area contributed by atoms with Crippen LogP contribution in [0.15, 0.2) is 27.6 Å². The molecule has 0 atom stereocenters. The van der Waals surface area contributed by atoms with Gasteiger partial charge in [-0.3, -0.25) is 0 Å². The molecule has 0 radical (unpaired) electrons. The molecule has 3 nitrogen and oxygen atoms in total. The topological polar surface area (TPSA) is 51.8 Å². The normalized spacial score (nSPS) is 10.6. The predicted molar refractivity (Wildman–Crippen MR) is 73.0 cm³/mol. The monoisotopic (exact) mass is 335 g/mol. The minimum atomic E-state index is 0.652. The molecule has 0 saturated carbocycles. The Kier molecular flexibility index (Phi) is 4.07. The van der Waals surface area contributed by atoms with Gasteiger partial charge in [-0.2, -0.15) is 0 Å². The van der Waals surface area contributed by atoms with Gasteiger partial charge in [0.05, 0.1) is 0 Å². The summed E-state index contributed by atoms with van der Waals surface area (Å²) in [5.41, 5.74) is 7.22. The van der Waals surface area contributed by atoms with Crippen molar-refractivity contribution < 1.29 is 0 Å². The van der Waals surface area contributed by atoms with Crippen LogP contribution in [0.4, 0.5) is 5.69 Å². The number of nitrogens with two attached hydrogens (primary N) is 1. The Morgan fingerprint density at radius 1 is 1.50 bits per heavy atom. The van der Waals surface area contributed by atoms with Crippen LogP contribution in [0.25, 0.3) is 0 Å². The second kappa shape index (κ2) is 5.35. The van der Waals surface area contributed by atoms with Crippen molar-refractivity contribution in [2.75, 3.05) is 5.73 Å². The van der Waals surface area contributed by atoms with Gasteiger partial charge in [0.1, 0.15) is 10.0 Å². The second-order valence-electron chi connectivity index (χ2n) is 2.97. The summed E-state index contributed by atoms with van der Waals surface area (Å²) in [5.74, 6) is 0.706. The number of hydrogen-bond donors (Lipinski definition) is 1. The van der Waals surface area contributed by atoms with Crippen molar-refractivity contribution in [3.05, 3.63) is 32.7 Å². The van der Waals surface area contributed by atoms with Gasteiger partial charge in [0.25, 0.3) is 0 Å². The maximum Gasteiger partial charge on any atom is 0.138 e. The first-order chi connectivity index (χ1) is 7.66. The van der Waals surface area contributed by atoms with Crippen molar-refractivity contribution in [3.63, 3.8) is 0 Å². The summed E-state index contributed by atoms with van der Waals surface area (Å²) in [6, 6.07) is 5.72. The highest BCUT2D eigenvalue weighted by atomic mass is 79.9. The van der Waals surface area contributed by atoms with E-state index in [0.717, 1.165) is 20.7 Å². The number of benzene rings is 1. The third kappa shape index (κ3) is 2.88. The standard InChI is InChI=1S/C9H7BrClN3S2/c10-6-3-5(12)1-2-8(6)15-4-7-9(11)16-14-13-7/h1-3H,4,12H2. The molecule has 0 saturated heterocycles. The molecule has 0 aliphatic heterocycles. The fourth-order valence-corrected chi connectivity index (χ4v) is 3.46. The Morgan fingerprint density at radius 3 is 2.94 bits per heavy atom. The number of anilines is 1. The molecule has 7 heteroatoms. The van der Waals surface area contributed by atoms with Gasteiger partial charge in [0.2, 0.25) is 0 Å². The third-order valence-electron chi connectivity index (χ3n) is 1.83. The number of hydrogen-bond acceptors (Lipinski definition) is 5. The van der Waals surface area contributed by atoms with Crippen LogP contribution in [0.3, 0.4) is 0 Å². The van der Waals surface area contributed by atoms with E-state index in [9.17, 15) is 0 Å². The van der Waals surface area contributed by atoms with E-state index in [4.69, 9.17) is 17.3 Å². The van der Waals surface area contributed by atoms with Crippen LogP contribution in [-0.4, -0.2) is 9.59 Å². The van der Waals surface area contributed by atoms with E-state index in [0.29, 0.717) is 10.1 Å². The van der Waals surface area contributed by atoms with Gasteiger partial charge < -0.3 is 5.73 Å². The second-order valence-corrected chi connectivity index (χ2v) is 6.20. The van der Waals surface area contributed by atoms with Crippen LogP contribution in [0.5, 0.6) is 0 Å². The van der Waals surface area contributed by atoms with Gasteiger partial charge in [-0.05, 0) is 34.1 Å². The van der Waals surface area contributed by atoms with Crippen molar-refractivity contribution in [3.8, 4) is 0 Å². The van der Waals surface area contributed by atoms with Crippen LogP contribution in [0.2, 0.25) is 4.34 Å². The molecule has 0 fully saturated rings. The zero-order chi connectivity index (χ0) is 11.5. The van der Waals surface area contributed by atoms with Gasteiger partial charge in [-0.25, -0.2) is 0 Å². The van der Waals surface area contributed by atoms with Gasteiger partial charge >= 0.3 is 0 Å². The molecule has 0 unspecified atom stereocenters. The lowest BCUT2D eigenvalue weighted by atomic mass is 10.3. The van der Waals surface area contributed by atoms with Crippen molar-refractivity contribution in [2.45, 2.75) is 10.6 Å². The SMILES string of the molecule is Nc1ccc(SCc2nnsc2Cl)c(Br)c1. The zero-order valence-electron chi connectivity index (χ0n) is 7.98. The molecule has 2 aromatic rings. The number of nitrogens with zero attached hydrogens (tertiary/aromatic N) is 2. The molecule has 1 aromatic heterocycles. The molecule has 0 aliphatic rings. The molecule has 0 amide bonds. The van der Waals surface area contributed by atoms with Gasteiger partial charge in [-0.1, -0.05) is 16.1 Å². The molecule has 1 heterocycles. The number of nitrogen functional groups attached to an aromatic ring is 1. The van der Waals surface area contributed by atoms with E-state index < -0.39 is 0 Å². The van der Waals surface area contributed by atoms with Crippen molar-refractivity contribution in [2.24, 2.45) is 0 Å². The Bertz CT molecular complexity index is 503. The summed E-state index contributed by atoms with van der Waals surface area (Å²) in [6.45, 7) is 0. The van der Waals surface area contributed by atoms with Crippen molar-refractivity contribution >= 4 is 56.5 Å². The lowest BCUT2D eigenvalue weighted by Gasteiger charge is -2.03. The molecular formula is C9H7BrClN3S2. The molecule has 2 N–H and O–H groups in total. The maximum absolute atomic E-state index is 5.92. The van der Waals surface area contributed by atoms with E-state index >= 15 is 0 Å². The Hall–Kier alpha value is -0.300. The predicted octanol–water partition coefficient (Wildman–Crippen LogP) is 3.83. The molecule has 0 aliphatic carbocycles. The number of halogens is 2. The van der Waals surface area contributed by atoms with Gasteiger partial charge in [-0.15, -0.1) is 16.9 Å². The highest BCUT2D eigenvalue weighted by Gasteiger charge is 2.07. The van der Waals surface area contributed by atoms with E-state index in [1.807, 2.05) is 18.2 Å². The summed E-state index contributed by atoms with van der Waals surface area (Å²) < 4.78 is 5.42. The number of thioether (sulfide) groups is 1. The zero-order valence-corrected chi connectivity index (χ0v) is 12.0. The first-order valence-electron chi connectivity index (χ1n) is 4.31. The van der Waals surface area contributed by atoms with Crippen LogP contribution in [0.1, 0.15) is 5.69 Å². The first-order valence-corrected chi connectivity index (χ1v) is 7.24. The quantitative estimate of drug-likeness (QED) is 0.683. The summed E-state index contributed by atoms with van der Waals surface area (Å²) in [4.78, 5) is 1.11. The smallest absolute Gasteiger partial charge is 0.138 e. The average molecular weight is 337 g/mol. The van der Waals surface area contributed by atoms with Gasteiger partial charge in [0, 0.05) is 32.3 Å². The summed E-state index contributed by atoms with van der Waals surface area (Å²) in [7, 11) is 0. The molecule has 0 bridgehead atoms. The van der Waals surface area contributed by atoms with Crippen LogP contribution in [-0.2, 0) is 5.75 Å². The summed E-state index contributed by atoms with van der Waals surface area (Å²) >= 11 is 12.2. The van der Waals surface area contributed by atoms with E-state index in [-0.39, 0.29) is 0 Å². The lowest BCUT2D eigenvalue weighted by Crippen LogP contribution is -1.86. The molecule has 84 valence electrons. The maximum atomic E-state index is 5.92. The minimum Gasteiger partial charge on any atom is -0.399 e. The Balaban J connectivity index is 2.08. The minimum absolute atomic E-state index is 0.652. The summed E-state index contributed by atoms with van der Waals surface area (Å²) in [6.07, 6.45) is 0. The largest absolute Gasteiger partial charge is 0.399 e. The number of aromatic nitrogens is 2. The molecule has 0 spiro atoms. The van der Waals surface area contributed by atoms with Crippen LogP contribution >= 0.6 is 50.8 Å². The van der Waals surface area contributed by atoms with Crippen LogP contribution < -0.4 is 5.73 Å². The van der Waals surface area contributed by atoms with Crippen molar-refractivity contribution in [1.82, 2.24) is 9.59 Å². The highest BCUT2D eigenvalue weighted by Crippen LogP contribution is 2.32. The summed E-state index contributed by atoms with van der Waals surface area (Å²) in [5, 5.41) is 3.95. The van der Waals surface area contributed by atoms with E-state index in [1.54, 1.807) is 11.8 Å². The first kappa shape index (κ1) is 12.2. The molecule has 16 heavy (non-hydrogen) atoms. The van der Waals surface area contributed by atoms with E-state index in [1.165, 1.54) is 11.5 Å². The fraction of sp³-hybridized carbons (Fsp3) is 0.111. The fourth-order valence-electron chi connectivity index (χ4n) is 1.06. The van der Waals surface area contributed by atoms with Gasteiger partial charge in [0.15, 0.2) is 0 Å².